The maximum atomic E-state index is 6.50. The zero-order chi connectivity index (χ0) is 34.3. The molecule has 9 rings (SSSR count). The van der Waals surface area contributed by atoms with Crippen molar-refractivity contribution in [3.05, 3.63) is 167 Å². The molecule has 1 aromatic heterocycles. The summed E-state index contributed by atoms with van der Waals surface area (Å²) in [6.07, 6.45) is 0. The zero-order valence-electron chi connectivity index (χ0n) is 29.6. The summed E-state index contributed by atoms with van der Waals surface area (Å²) < 4.78 is 6.50. The molecule has 0 fully saturated rings. The van der Waals surface area contributed by atoms with E-state index in [-0.39, 0.29) is 5.41 Å². The highest BCUT2D eigenvalue weighted by Crippen LogP contribution is 2.51. The summed E-state index contributed by atoms with van der Waals surface area (Å²) in [7, 11) is 0. The molecule has 242 valence electrons. The van der Waals surface area contributed by atoms with E-state index < -0.39 is 0 Å². The first-order valence-corrected chi connectivity index (χ1v) is 17.7. The third-order valence-electron chi connectivity index (χ3n) is 11.3. The fraction of sp³-hybridized carbons (Fsp3) is 0.143. The van der Waals surface area contributed by atoms with Crippen LogP contribution in [0.15, 0.2) is 138 Å². The summed E-state index contributed by atoms with van der Waals surface area (Å²) in [6.45, 7) is 13.6. The van der Waals surface area contributed by atoms with Crippen LogP contribution in [0.3, 0.4) is 0 Å². The minimum absolute atomic E-state index is 0.0446. The van der Waals surface area contributed by atoms with Crippen LogP contribution in [0.5, 0.6) is 0 Å². The predicted octanol–water partition coefficient (Wildman–Crippen LogP) is 13.8. The normalized spacial score (nSPS) is 13.2. The van der Waals surface area contributed by atoms with Crippen LogP contribution in [0.4, 0.5) is 0 Å². The minimum Gasteiger partial charge on any atom is -0.456 e. The standard InChI is InChI=1S/C49H40O/c1-29-12-7-8-13-36(29)39-25-33(20-18-30(39)2)34-22-23-46-43(26-34)48-37(15-11-17-47(48)50-46)35-21-19-31(3)40(27-35)41-28-45-42(24-32(41)4)38-14-9-10-16-44(38)49(45,5)6/h7-28H,1-6H3. The Labute approximate surface area is 294 Å². The smallest absolute Gasteiger partial charge is 0.136 e. The molecule has 0 bridgehead atoms. The monoisotopic (exact) mass is 644 g/mol. The van der Waals surface area contributed by atoms with Crippen LogP contribution in [-0.4, -0.2) is 0 Å². The van der Waals surface area contributed by atoms with Crippen LogP contribution in [-0.2, 0) is 5.41 Å². The molecule has 1 heteroatoms. The second-order valence-electron chi connectivity index (χ2n) is 14.7. The van der Waals surface area contributed by atoms with Crippen molar-refractivity contribution < 1.29 is 4.42 Å². The Bertz CT molecular complexity index is 2660. The quantitative estimate of drug-likeness (QED) is 0.186. The molecular weight excluding hydrogens is 605 g/mol. The number of rotatable bonds is 4. The van der Waals surface area contributed by atoms with Gasteiger partial charge in [0.25, 0.3) is 0 Å². The van der Waals surface area contributed by atoms with E-state index in [1.54, 1.807) is 0 Å². The van der Waals surface area contributed by atoms with E-state index in [4.69, 9.17) is 4.42 Å². The molecule has 1 aliphatic rings. The Balaban J connectivity index is 1.18. The van der Waals surface area contributed by atoms with Gasteiger partial charge in [-0.05, 0) is 153 Å². The Hall–Kier alpha value is -5.66. The van der Waals surface area contributed by atoms with Crippen molar-refractivity contribution in [1.82, 2.24) is 0 Å². The van der Waals surface area contributed by atoms with Crippen LogP contribution in [0.2, 0.25) is 0 Å². The lowest BCUT2D eigenvalue weighted by Crippen LogP contribution is -2.15. The Morgan fingerprint density at radius 1 is 0.380 bits per heavy atom. The highest BCUT2D eigenvalue weighted by atomic mass is 16.3. The molecule has 0 N–H and O–H groups in total. The summed E-state index contributed by atoms with van der Waals surface area (Å²) in [5, 5.41) is 2.30. The molecule has 50 heavy (non-hydrogen) atoms. The topological polar surface area (TPSA) is 13.1 Å². The highest BCUT2D eigenvalue weighted by molar-refractivity contribution is 6.13. The molecule has 8 aromatic rings. The molecule has 1 nitrogen and oxygen atoms in total. The van der Waals surface area contributed by atoms with Gasteiger partial charge in [-0.15, -0.1) is 0 Å². The van der Waals surface area contributed by atoms with Gasteiger partial charge in [-0.1, -0.05) is 111 Å². The van der Waals surface area contributed by atoms with Crippen LogP contribution < -0.4 is 0 Å². The van der Waals surface area contributed by atoms with Gasteiger partial charge in [-0.2, -0.15) is 0 Å². The van der Waals surface area contributed by atoms with Gasteiger partial charge in [0, 0.05) is 16.2 Å². The fourth-order valence-electron chi connectivity index (χ4n) is 8.44. The van der Waals surface area contributed by atoms with Crippen LogP contribution in [0, 0.1) is 27.7 Å². The van der Waals surface area contributed by atoms with Crippen LogP contribution in [0.25, 0.3) is 77.6 Å². The van der Waals surface area contributed by atoms with E-state index >= 15 is 0 Å². The summed E-state index contributed by atoms with van der Waals surface area (Å²) in [4.78, 5) is 0. The number of benzene rings is 7. The summed E-state index contributed by atoms with van der Waals surface area (Å²) in [6, 6.07) is 49.3. The van der Waals surface area contributed by atoms with E-state index in [0.29, 0.717) is 0 Å². The van der Waals surface area contributed by atoms with Crippen molar-refractivity contribution in [2.24, 2.45) is 0 Å². The number of hydrogen-bond acceptors (Lipinski definition) is 1. The first kappa shape index (κ1) is 30.4. The maximum Gasteiger partial charge on any atom is 0.136 e. The molecule has 0 amide bonds. The molecule has 7 aromatic carbocycles. The SMILES string of the molecule is Cc1ccccc1-c1cc(-c2ccc3oc4cccc(-c5ccc(C)c(-c6cc7c(cc6C)-c6ccccc6C7(C)C)c5)c4c3c2)ccc1C. The molecule has 0 unspecified atom stereocenters. The molecular formula is C49H40O. The van der Waals surface area contributed by atoms with E-state index in [9.17, 15) is 0 Å². The minimum atomic E-state index is -0.0446. The fourth-order valence-corrected chi connectivity index (χ4v) is 8.44. The van der Waals surface area contributed by atoms with Crippen molar-refractivity contribution in [3.8, 4) is 55.6 Å². The summed E-state index contributed by atoms with van der Waals surface area (Å²) >= 11 is 0. The van der Waals surface area contributed by atoms with E-state index in [1.807, 2.05) is 0 Å². The van der Waals surface area contributed by atoms with Crippen molar-refractivity contribution >= 4 is 21.9 Å². The summed E-state index contributed by atoms with van der Waals surface area (Å²) in [5.74, 6) is 0. The molecule has 0 saturated carbocycles. The second-order valence-corrected chi connectivity index (χ2v) is 14.7. The molecule has 0 radical (unpaired) electrons. The van der Waals surface area contributed by atoms with Gasteiger partial charge in [0.15, 0.2) is 0 Å². The maximum absolute atomic E-state index is 6.50. The van der Waals surface area contributed by atoms with Gasteiger partial charge in [0.1, 0.15) is 11.2 Å². The van der Waals surface area contributed by atoms with E-state index in [2.05, 4.69) is 175 Å². The molecule has 1 heterocycles. The molecule has 0 atom stereocenters. The van der Waals surface area contributed by atoms with Crippen molar-refractivity contribution in [2.45, 2.75) is 47.0 Å². The molecule has 0 spiro atoms. The lowest BCUT2D eigenvalue weighted by Gasteiger charge is -2.23. The van der Waals surface area contributed by atoms with Crippen LogP contribution >= 0.6 is 0 Å². The van der Waals surface area contributed by atoms with Gasteiger partial charge in [0.2, 0.25) is 0 Å². The Morgan fingerprint density at radius 2 is 0.980 bits per heavy atom. The van der Waals surface area contributed by atoms with Crippen molar-refractivity contribution in [1.29, 1.82) is 0 Å². The average molecular weight is 645 g/mol. The van der Waals surface area contributed by atoms with Crippen LogP contribution in [0.1, 0.15) is 47.2 Å². The molecule has 1 aliphatic carbocycles. The zero-order valence-corrected chi connectivity index (χ0v) is 29.6. The predicted molar refractivity (Wildman–Crippen MR) is 212 cm³/mol. The number of furan rings is 1. The lowest BCUT2D eigenvalue weighted by atomic mass is 9.80. The van der Waals surface area contributed by atoms with E-state index in [1.165, 1.54) is 89.0 Å². The van der Waals surface area contributed by atoms with Gasteiger partial charge < -0.3 is 4.42 Å². The van der Waals surface area contributed by atoms with Crippen molar-refractivity contribution in [3.63, 3.8) is 0 Å². The largest absolute Gasteiger partial charge is 0.456 e. The van der Waals surface area contributed by atoms with Gasteiger partial charge in [0.05, 0.1) is 0 Å². The summed E-state index contributed by atoms with van der Waals surface area (Å²) in [5.41, 5.74) is 22.4. The number of fused-ring (bicyclic) bond motifs is 6. The first-order chi connectivity index (χ1) is 24.2. The second kappa shape index (κ2) is 11.2. The van der Waals surface area contributed by atoms with Gasteiger partial charge in [-0.25, -0.2) is 0 Å². The highest BCUT2D eigenvalue weighted by Gasteiger charge is 2.35. The molecule has 0 saturated heterocycles. The first-order valence-electron chi connectivity index (χ1n) is 17.7. The van der Waals surface area contributed by atoms with Crippen molar-refractivity contribution in [2.75, 3.05) is 0 Å². The lowest BCUT2D eigenvalue weighted by molar-refractivity contribution is 0.660. The van der Waals surface area contributed by atoms with Gasteiger partial charge >= 0.3 is 0 Å². The average Bonchev–Trinajstić information content (AvgIpc) is 3.60. The third-order valence-corrected chi connectivity index (χ3v) is 11.3. The number of hydrogen-bond donors (Lipinski definition) is 0. The third kappa shape index (κ3) is 4.61. The Kier molecular flexibility index (Phi) is 6.80. The number of aryl methyl sites for hydroxylation is 4. The van der Waals surface area contributed by atoms with E-state index in [0.717, 1.165) is 21.9 Å². The Morgan fingerprint density at radius 3 is 1.78 bits per heavy atom. The molecule has 0 aliphatic heterocycles. The van der Waals surface area contributed by atoms with Gasteiger partial charge in [-0.3, -0.25) is 0 Å².